The lowest BCUT2D eigenvalue weighted by molar-refractivity contribution is 0.0624. The van der Waals surface area contributed by atoms with E-state index in [4.69, 9.17) is 11.6 Å². The Balaban J connectivity index is 1.54. The van der Waals surface area contributed by atoms with E-state index in [2.05, 4.69) is 16.0 Å². The lowest BCUT2D eigenvalue weighted by atomic mass is 10.2. The van der Waals surface area contributed by atoms with Crippen LogP contribution in [0.2, 0.25) is 4.34 Å². The normalized spacial score (nSPS) is 16.4. The summed E-state index contributed by atoms with van der Waals surface area (Å²) in [6, 6.07) is 4.01. The van der Waals surface area contributed by atoms with E-state index in [0.717, 1.165) is 42.1 Å². The first-order valence-corrected chi connectivity index (χ1v) is 8.87. The highest BCUT2D eigenvalue weighted by Gasteiger charge is 2.23. The molecule has 1 amide bonds. The van der Waals surface area contributed by atoms with Gasteiger partial charge in [-0.1, -0.05) is 11.6 Å². The van der Waals surface area contributed by atoms with Gasteiger partial charge in [0.25, 0.3) is 5.91 Å². The Morgan fingerprint density at radius 2 is 2.10 bits per heavy atom. The van der Waals surface area contributed by atoms with Crippen LogP contribution in [0.3, 0.4) is 0 Å². The Morgan fingerprint density at radius 1 is 1.33 bits per heavy atom. The summed E-state index contributed by atoms with van der Waals surface area (Å²) in [5.41, 5.74) is 0.580. The first-order valence-electron chi connectivity index (χ1n) is 6.80. The Morgan fingerprint density at radius 3 is 2.67 bits per heavy atom. The minimum Gasteiger partial charge on any atom is -0.335 e. The zero-order valence-corrected chi connectivity index (χ0v) is 14.1. The Hall–Kier alpha value is -0.950. The summed E-state index contributed by atoms with van der Waals surface area (Å²) in [5, 5.41) is 2.78. The molecule has 7 heteroatoms. The molecule has 2 aromatic rings. The van der Waals surface area contributed by atoms with Crippen molar-refractivity contribution in [2.24, 2.45) is 0 Å². The van der Waals surface area contributed by atoms with E-state index < -0.39 is 0 Å². The van der Waals surface area contributed by atoms with E-state index in [-0.39, 0.29) is 5.91 Å². The molecule has 0 aromatic carbocycles. The molecule has 1 saturated heterocycles. The summed E-state index contributed by atoms with van der Waals surface area (Å²) in [5.74, 6) is 0.0539. The molecular weight excluding hydrogens is 326 g/mol. The van der Waals surface area contributed by atoms with Gasteiger partial charge in [-0.15, -0.1) is 22.7 Å². The van der Waals surface area contributed by atoms with Crippen LogP contribution in [0.1, 0.15) is 20.4 Å². The van der Waals surface area contributed by atoms with E-state index in [0.29, 0.717) is 5.69 Å². The topological polar surface area (TPSA) is 36.4 Å². The van der Waals surface area contributed by atoms with Crippen molar-refractivity contribution in [2.45, 2.75) is 13.5 Å². The zero-order chi connectivity index (χ0) is 14.8. The van der Waals surface area contributed by atoms with Gasteiger partial charge in [-0.05, 0) is 19.1 Å². The van der Waals surface area contributed by atoms with E-state index in [1.807, 2.05) is 23.3 Å². The molecule has 0 bridgehead atoms. The third-order valence-electron chi connectivity index (χ3n) is 3.51. The van der Waals surface area contributed by atoms with Crippen LogP contribution < -0.4 is 0 Å². The number of halogens is 1. The Kier molecular flexibility index (Phi) is 4.59. The van der Waals surface area contributed by atoms with Crippen LogP contribution in [0.15, 0.2) is 17.5 Å². The molecule has 0 radical (unpaired) electrons. The molecule has 0 N–H and O–H groups in total. The molecule has 112 valence electrons. The fraction of sp³-hybridized carbons (Fsp3) is 0.429. The minimum atomic E-state index is 0.0539. The molecule has 3 heterocycles. The summed E-state index contributed by atoms with van der Waals surface area (Å²) in [7, 11) is 0. The maximum atomic E-state index is 12.3. The third kappa shape index (κ3) is 3.63. The Labute approximate surface area is 137 Å². The van der Waals surface area contributed by atoms with Crippen molar-refractivity contribution in [3.63, 3.8) is 0 Å². The van der Waals surface area contributed by atoms with Gasteiger partial charge in [0.15, 0.2) is 0 Å². The summed E-state index contributed by atoms with van der Waals surface area (Å²) >= 11 is 9.10. The Bertz CT molecular complexity index is 632. The van der Waals surface area contributed by atoms with Crippen LogP contribution >= 0.6 is 34.3 Å². The molecule has 1 aliphatic heterocycles. The zero-order valence-electron chi connectivity index (χ0n) is 11.7. The molecule has 1 aliphatic rings. The van der Waals surface area contributed by atoms with E-state index in [1.54, 1.807) is 11.3 Å². The summed E-state index contributed by atoms with van der Waals surface area (Å²) in [6.07, 6.45) is 0. The molecule has 21 heavy (non-hydrogen) atoms. The molecule has 3 rings (SSSR count). The average Bonchev–Trinajstić information content (AvgIpc) is 3.08. The lowest BCUT2D eigenvalue weighted by Gasteiger charge is -2.34. The number of carbonyl (C=O) groups excluding carboxylic acids is 1. The van der Waals surface area contributed by atoms with Crippen molar-refractivity contribution < 1.29 is 4.79 Å². The van der Waals surface area contributed by atoms with E-state index >= 15 is 0 Å². The number of rotatable bonds is 3. The van der Waals surface area contributed by atoms with Crippen LogP contribution in [0.25, 0.3) is 0 Å². The molecule has 0 unspecified atom stereocenters. The maximum Gasteiger partial charge on any atom is 0.273 e. The number of thiazole rings is 1. The van der Waals surface area contributed by atoms with Crippen molar-refractivity contribution in [3.8, 4) is 0 Å². The highest BCUT2D eigenvalue weighted by Crippen LogP contribution is 2.23. The molecular formula is C14H16ClN3OS2. The number of aromatic nitrogens is 1. The summed E-state index contributed by atoms with van der Waals surface area (Å²) in [6.45, 7) is 6.14. The summed E-state index contributed by atoms with van der Waals surface area (Å²) in [4.78, 5) is 22.1. The fourth-order valence-corrected chi connectivity index (χ4v) is 4.11. The first kappa shape index (κ1) is 15.0. The monoisotopic (exact) mass is 341 g/mol. The largest absolute Gasteiger partial charge is 0.335 e. The van der Waals surface area contributed by atoms with Crippen LogP contribution in [0, 0.1) is 6.92 Å². The second-order valence-electron chi connectivity index (χ2n) is 5.03. The first-order chi connectivity index (χ1) is 10.1. The van der Waals surface area contributed by atoms with Crippen LogP contribution in [-0.2, 0) is 6.54 Å². The van der Waals surface area contributed by atoms with Gasteiger partial charge in [0.05, 0.1) is 9.34 Å². The van der Waals surface area contributed by atoms with Crippen LogP contribution in [0.5, 0.6) is 0 Å². The van der Waals surface area contributed by atoms with Crippen LogP contribution in [-0.4, -0.2) is 46.9 Å². The predicted octanol–water partition coefficient (Wildman–Crippen LogP) is 3.12. The molecule has 0 aliphatic carbocycles. The predicted molar refractivity (Wildman–Crippen MR) is 87.4 cm³/mol. The standard InChI is InChI=1S/C14H16ClN3OS2/c1-10-16-12(9-20-10)14(19)18-6-4-17(5-7-18)8-11-2-3-13(15)21-11/h2-3,9H,4-8H2,1H3. The average molecular weight is 342 g/mol. The number of hydrogen-bond acceptors (Lipinski definition) is 5. The number of nitrogens with zero attached hydrogens (tertiary/aromatic N) is 3. The van der Waals surface area contributed by atoms with Gasteiger partial charge >= 0.3 is 0 Å². The van der Waals surface area contributed by atoms with Crippen LogP contribution in [0.4, 0.5) is 0 Å². The highest BCUT2D eigenvalue weighted by atomic mass is 35.5. The molecule has 4 nitrogen and oxygen atoms in total. The number of hydrogen-bond donors (Lipinski definition) is 0. The molecule has 1 fully saturated rings. The van der Waals surface area contributed by atoms with Crippen molar-refractivity contribution in [2.75, 3.05) is 26.2 Å². The lowest BCUT2D eigenvalue weighted by Crippen LogP contribution is -2.48. The smallest absolute Gasteiger partial charge is 0.273 e. The van der Waals surface area contributed by atoms with Crippen molar-refractivity contribution in [3.05, 3.63) is 37.4 Å². The second-order valence-corrected chi connectivity index (χ2v) is 7.89. The maximum absolute atomic E-state index is 12.3. The van der Waals surface area contributed by atoms with Crippen molar-refractivity contribution in [1.82, 2.24) is 14.8 Å². The molecule has 2 aromatic heterocycles. The minimum absolute atomic E-state index is 0.0539. The number of piperazine rings is 1. The van der Waals surface area contributed by atoms with Crippen molar-refractivity contribution in [1.29, 1.82) is 0 Å². The van der Waals surface area contributed by atoms with Gasteiger partial charge in [0.1, 0.15) is 5.69 Å². The van der Waals surface area contributed by atoms with Gasteiger partial charge < -0.3 is 4.90 Å². The van der Waals surface area contributed by atoms with E-state index in [9.17, 15) is 4.79 Å². The quantitative estimate of drug-likeness (QED) is 0.860. The SMILES string of the molecule is Cc1nc(C(=O)N2CCN(Cc3ccc(Cl)s3)CC2)cs1. The number of aryl methyl sites for hydroxylation is 1. The van der Waals surface area contributed by atoms with Gasteiger partial charge in [-0.3, -0.25) is 9.69 Å². The molecule has 0 atom stereocenters. The number of amides is 1. The highest BCUT2D eigenvalue weighted by molar-refractivity contribution is 7.16. The molecule has 0 spiro atoms. The summed E-state index contributed by atoms with van der Waals surface area (Å²) < 4.78 is 0.831. The van der Waals surface area contributed by atoms with Crippen molar-refractivity contribution >= 4 is 40.2 Å². The van der Waals surface area contributed by atoms with Gasteiger partial charge in [0.2, 0.25) is 0 Å². The number of thiophene rings is 1. The molecule has 0 saturated carbocycles. The number of carbonyl (C=O) groups is 1. The third-order valence-corrected chi connectivity index (χ3v) is 5.50. The van der Waals surface area contributed by atoms with Gasteiger partial charge in [-0.25, -0.2) is 4.98 Å². The van der Waals surface area contributed by atoms with Gasteiger partial charge in [0, 0.05) is 43.0 Å². The second kappa shape index (κ2) is 6.44. The van der Waals surface area contributed by atoms with E-state index in [1.165, 1.54) is 16.2 Å². The van der Waals surface area contributed by atoms with Gasteiger partial charge in [-0.2, -0.15) is 0 Å². The fourth-order valence-electron chi connectivity index (χ4n) is 2.39.